The number of anilines is 2. The van der Waals surface area contributed by atoms with Crippen LogP contribution in [0, 0.1) is 0 Å². The fourth-order valence-electron chi connectivity index (χ4n) is 2.53. The lowest BCUT2D eigenvalue weighted by molar-refractivity contribution is 0.0995. The smallest absolute Gasteiger partial charge is 0.267 e. The van der Waals surface area contributed by atoms with E-state index in [4.69, 9.17) is 5.73 Å². The molecule has 0 atom stereocenters. The standard InChI is InChI=1S/C17H14N8O/c1-25-9-19-7-14(25)11-4-5-12-15(24-11)17(22-8-21-12)23-10-2-3-13(16(18)26)20-6-10/h2-9H,1H3,(H2,18,26)(H,21,22,23). The minimum absolute atomic E-state index is 0.194. The third-order valence-electron chi connectivity index (χ3n) is 3.84. The summed E-state index contributed by atoms with van der Waals surface area (Å²) in [5, 5.41) is 3.15. The van der Waals surface area contributed by atoms with Crippen LogP contribution in [0.15, 0.2) is 49.3 Å². The molecular weight excluding hydrogens is 332 g/mol. The van der Waals surface area contributed by atoms with Gasteiger partial charge in [0, 0.05) is 7.05 Å². The maximum atomic E-state index is 11.1. The van der Waals surface area contributed by atoms with Crippen LogP contribution in [0.5, 0.6) is 0 Å². The normalized spacial score (nSPS) is 10.8. The number of pyridine rings is 2. The van der Waals surface area contributed by atoms with Crippen molar-refractivity contribution >= 4 is 28.4 Å². The highest BCUT2D eigenvalue weighted by Crippen LogP contribution is 2.24. The third kappa shape index (κ3) is 2.81. The highest BCUT2D eigenvalue weighted by atomic mass is 16.1. The SMILES string of the molecule is Cn1cncc1-c1ccc2ncnc(Nc3ccc(C(N)=O)nc3)c2n1. The summed E-state index contributed by atoms with van der Waals surface area (Å²) in [6, 6.07) is 7.01. The van der Waals surface area contributed by atoms with Gasteiger partial charge < -0.3 is 15.6 Å². The Morgan fingerprint density at radius 2 is 2.00 bits per heavy atom. The molecule has 4 rings (SSSR count). The first-order chi connectivity index (χ1) is 12.6. The lowest BCUT2D eigenvalue weighted by Gasteiger charge is -2.09. The Morgan fingerprint density at radius 1 is 1.12 bits per heavy atom. The molecule has 0 aliphatic carbocycles. The number of nitrogens with one attached hydrogen (secondary N) is 1. The summed E-state index contributed by atoms with van der Waals surface area (Å²) >= 11 is 0. The predicted molar refractivity (Wildman–Crippen MR) is 95.6 cm³/mol. The van der Waals surface area contributed by atoms with E-state index in [9.17, 15) is 4.79 Å². The van der Waals surface area contributed by atoms with Gasteiger partial charge in [0.1, 0.15) is 17.5 Å². The Morgan fingerprint density at radius 3 is 2.69 bits per heavy atom. The number of nitrogens with zero attached hydrogens (tertiary/aromatic N) is 6. The van der Waals surface area contributed by atoms with Crippen molar-refractivity contribution in [3.8, 4) is 11.4 Å². The van der Waals surface area contributed by atoms with Crippen molar-refractivity contribution in [2.45, 2.75) is 0 Å². The van der Waals surface area contributed by atoms with Crippen molar-refractivity contribution in [1.82, 2.24) is 29.5 Å². The molecule has 26 heavy (non-hydrogen) atoms. The second kappa shape index (κ2) is 6.20. The van der Waals surface area contributed by atoms with Gasteiger partial charge in [-0.05, 0) is 24.3 Å². The molecule has 0 spiro atoms. The molecule has 4 aromatic heterocycles. The Balaban J connectivity index is 1.74. The van der Waals surface area contributed by atoms with Crippen LogP contribution in [0.3, 0.4) is 0 Å². The zero-order chi connectivity index (χ0) is 18.1. The number of amides is 1. The predicted octanol–water partition coefficient (Wildman–Crippen LogP) is 1.66. The van der Waals surface area contributed by atoms with Crippen LogP contribution in [-0.2, 0) is 7.05 Å². The van der Waals surface area contributed by atoms with Gasteiger partial charge in [0.25, 0.3) is 5.91 Å². The van der Waals surface area contributed by atoms with E-state index in [1.165, 1.54) is 12.5 Å². The van der Waals surface area contributed by atoms with E-state index < -0.39 is 5.91 Å². The average molecular weight is 346 g/mol. The number of aryl methyl sites for hydroxylation is 1. The highest BCUT2D eigenvalue weighted by Gasteiger charge is 2.10. The molecule has 0 saturated heterocycles. The number of hydrogen-bond donors (Lipinski definition) is 2. The van der Waals surface area contributed by atoms with Gasteiger partial charge in [0.05, 0.1) is 41.3 Å². The second-order valence-electron chi connectivity index (χ2n) is 5.60. The zero-order valence-electron chi connectivity index (χ0n) is 13.8. The molecule has 0 bridgehead atoms. The van der Waals surface area contributed by atoms with Gasteiger partial charge in [-0.1, -0.05) is 0 Å². The van der Waals surface area contributed by atoms with E-state index in [0.29, 0.717) is 22.5 Å². The number of rotatable bonds is 4. The molecule has 0 radical (unpaired) electrons. The summed E-state index contributed by atoms with van der Waals surface area (Å²) in [6.07, 6.45) is 6.44. The maximum absolute atomic E-state index is 11.1. The van der Waals surface area contributed by atoms with Gasteiger partial charge in [0.15, 0.2) is 5.82 Å². The molecule has 0 saturated carbocycles. The Hall–Kier alpha value is -3.88. The summed E-state index contributed by atoms with van der Waals surface area (Å²) in [7, 11) is 1.90. The number of nitrogens with two attached hydrogens (primary N) is 1. The topological polar surface area (TPSA) is 124 Å². The van der Waals surface area contributed by atoms with Crippen molar-refractivity contribution in [2.75, 3.05) is 5.32 Å². The maximum Gasteiger partial charge on any atom is 0.267 e. The zero-order valence-corrected chi connectivity index (χ0v) is 13.8. The average Bonchev–Trinajstić information content (AvgIpc) is 3.08. The van der Waals surface area contributed by atoms with Gasteiger partial charge >= 0.3 is 0 Å². The van der Waals surface area contributed by atoms with E-state index in [1.807, 2.05) is 23.7 Å². The molecule has 0 aromatic carbocycles. The van der Waals surface area contributed by atoms with Gasteiger partial charge in [-0.2, -0.15) is 0 Å². The molecule has 0 fully saturated rings. The van der Waals surface area contributed by atoms with E-state index in [1.54, 1.807) is 24.7 Å². The minimum Gasteiger partial charge on any atom is -0.364 e. The Kier molecular flexibility index (Phi) is 3.73. The molecule has 128 valence electrons. The van der Waals surface area contributed by atoms with Crippen LogP contribution in [0.25, 0.3) is 22.4 Å². The monoisotopic (exact) mass is 346 g/mol. The van der Waals surface area contributed by atoms with Crippen LogP contribution in [0.4, 0.5) is 11.5 Å². The Bertz CT molecular complexity index is 1100. The van der Waals surface area contributed by atoms with Gasteiger partial charge in [-0.25, -0.2) is 24.9 Å². The second-order valence-corrected chi connectivity index (χ2v) is 5.60. The summed E-state index contributed by atoms with van der Waals surface area (Å²) < 4.78 is 1.89. The number of aromatic nitrogens is 6. The van der Waals surface area contributed by atoms with Crippen molar-refractivity contribution in [3.63, 3.8) is 0 Å². The number of carbonyl (C=O) groups excluding carboxylic acids is 1. The first-order valence-electron chi connectivity index (χ1n) is 7.73. The van der Waals surface area contributed by atoms with E-state index in [-0.39, 0.29) is 5.69 Å². The molecule has 9 nitrogen and oxygen atoms in total. The largest absolute Gasteiger partial charge is 0.364 e. The highest BCUT2D eigenvalue weighted by molar-refractivity contribution is 5.91. The number of fused-ring (bicyclic) bond motifs is 1. The molecule has 1 amide bonds. The fourth-order valence-corrected chi connectivity index (χ4v) is 2.53. The number of primary amides is 1. The van der Waals surface area contributed by atoms with Crippen molar-refractivity contribution < 1.29 is 4.79 Å². The van der Waals surface area contributed by atoms with Crippen LogP contribution >= 0.6 is 0 Å². The molecule has 4 heterocycles. The van der Waals surface area contributed by atoms with Crippen LogP contribution in [-0.4, -0.2) is 35.4 Å². The molecule has 0 unspecified atom stereocenters. The quantitative estimate of drug-likeness (QED) is 0.576. The number of carbonyl (C=O) groups is 1. The minimum atomic E-state index is -0.577. The molecular formula is C17H14N8O. The van der Waals surface area contributed by atoms with E-state index >= 15 is 0 Å². The molecule has 4 aromatic rings. The lowest BCUT2D eigenvalue weighted by Crippen LogP contribution is -2.12. The molecule has 9 heteroatoms. The van der Waals surface area contributed by atoms with E-state index in [0.717, 1.165) is 11.4 Å². The number of imidazole rings is 1. The van der Waals surface area contributed by atoms with Crippen molar-refractivity contribution in [2.24, 2.45) is 12.8 Å². The van der Waals surface area contributed by atoms with Crippen molar-refractivity contribution in [3.05, 3.63) is 55.0 Å². The first kappa shape index (κ1) is 15.6. The van der Waals surface area contributed by atoms with Crippen molar-refractivity contribution in [1.29, 1.82) is 0 Å². The van der Waals surface area contributed by atoms with Gasteiger partial charge in [-0.15, -0.1) is 0 Å². The van der Waals surface area contributed by atoms with Gasteiger partial charge in [-0.3, -0.25) is 4.79 Å². The van der Waals surface area contributed by atoms with Crippen LogP contribution in [0.1, 0.15) is 10.5 Å². The molecule has 0 aliphatic rings. The molecule has 3 N–H and O–H groups in total. The third-order valence-corrected chi connectivity index (χ3v) is 3.84. The van der Waals surface area contributed by atoms with Gasteiger partial charge in [0.2, 0.25) is 0 Å². The summed E-state index contributed by atoms with van der Waals surface area (Å²) in [4.78, 5) is 32.5. The van der Waals surface area contributed by atoms with E-state index in [2.05, 4.69) is 30.2 Å². The van der Waals surface area contributed by atoms with Crippen LogP contribution < -0.4 is 11.1 Å². The number of hydrogen-bond acceptors (Lipinski definition) is 7. The Labute approximate surface area is 148 Å². The molecule has 0 aliphatic heterocycles. The lowest BCUT2D eigenvalue weighted by atomic mass is 10.2. The summed E-state index contributed by atoms with van der Waals surface area (Å²) in [5.74, 6) is -0.0424. The first-order valence-corrected chi connectivity index (χ1v) is 7.73. The van der Waals surface area contributed by atoms with Crippen LogP contribution in [0.2, 0.25) is 0 Å². The fraction of sp³-hybridized carbons (Fsp3) is 0.0588. The summed E-state index contributed by atoms with van der Waals surface area (Å²) in [6.45, 7) is 0. The summed E-state index contributed by atoms with van der Waals surface area (Å²) in [5.41, 5.74) is 9.02.